The Hall–Kier alpha value is -4.16. The Morgan fingerprint density at radius 3 is 1.53 bits per heavy atom. The van der Waals surface area contributed by atoms with Gasteiger partial charge in [-0.1, -0.05) is 127 Å². The van der Waals surface area contributed by atoms with Gasteiger partial charge in [-0.25, -0.2) is 0 Å². The number of fused-ring (bicyclic) bond motifs is 9. The summed E-state index contributed by atoms with van der Waals surface area (Å²) in [6.45, 7) is 2.15. The van der Waals surface area contributed by atoms with Crippen molar-refractivity contribution in [2.75, 3.05) is 0 Å². The van der Waals surface area contributed by atoms with Gasteiger partial charge < -0.3 is 0 Å². The van der Waals surface area contributed by atoms with Crippen molar-refractivity contribution in [1.29, 1.82) is 0 Å². The van der Waals surface area contributed by atoms with Crippen molar-refractivity contribution < 1.29 is 0 Å². The smallest absolute Gasteiger partial charge is 0.0619 e. The fraction of sp³-hybridized carbons (Fsp3) is 0.0588. The predicted octanol–water partition coefficient (Wildman–Crippen LogP) is 8.26. The summed E-state index contributed by atoms with van der Waals surface area (Å²) in [6.07, 6.45) is 2.40. The molecule has 0 heteroatoms. The highest BCUT2D eigenvalue weighted by atomic mass is 14.5. The first-order chi connectivity index (χ1) is 16.8. The van der Waals surface area contributed by atoms with Gasteiger partial charge in [-0.05, 0) is 68.6 Å². The summed E-state index contributed by atoms with van der Waals surface area (Å²) in [6, 6.07) is 44.9. The van der Waals surface area contributed by atoms with E-state index in [0.29, 0.717) is 0 Å². The van der Waals surface area contributed by atoms with E-state index in [1.54, 1.807) is 0 Å². The number of hydrogen-bond acceptors (Lipinski definition) is 0. The second kappa shape index (κ2) is 7.17. The Morgan fingerprint density at radius 2 is 0.912 bits per heavy atom. The molecule has 0 saturated carbocycles. The second-order valence-electron chi connectivity index (χ2n) is 9.40. The molecule has 5 aromatic carbocycles. The van der Waals surface area contributed by atoms with Crippen LogP contribution in [0.25, 0.3) is 22.8 Å². The Morgan fingerprint density at radius 1 is 0.441 bits per heavy atom. The SMILES string of the molecule is Cc1ccc(C2=Cc3ccccc3C3(c4ccccc42)c2ccccc2-c2ccccc23)cc1. The fourth-order valence-corrected chi connectivity index (χ4v) is 6.18. The Labute approximate surface area is 200 Å². The molecular formula is C34H24. The van der Waals surface area contributed by atoms with Crippen LogP contribution in [0.15, 0.2) is 121 Å². The minimum absolute atomic E-state index is 0.358. The van der Waals surface area contributed by atoms with Gasteiger partial charge in [0.1, 0.15) is 0 Å². The summed E-state index contributed by atoms with van der Waals surface area (Å²) in [5.41, 5.74) is 14.1. The second-order valence-corrected chi connectivity index (χ2v) is 9.40. The van der Waals surface area contributed by atoms with E-state index in [2.05, 4.69) is 134 Å². The zero-order valence-corrected chi connectivity index (χ0v) is 19.1. The Bertz CT molecular complexity index is 1550. The molecule has 34 heavy (non-hydrogen) atoms. The first kappa shape index (κ1) is 19.3. The molecule has 1 spiro atoms. The van der Waals surface area contributed by atoms with Crippen molar-refractivity contribution in [2.45, 2.75) is 12.3 Å². The van der Waals surface area contributed by atoms with Crippen molar-refractivity contribution in [3.8, 4) is 11.1 Å². The lowest BCUT2D eigenvalue weighted by Crippen LogP contribution is -2.30. The third kappa shape index (κ3) is 2.48. The highest BCUT2D eigenvalue weighted by Crippen LogP contribution is 2.59. The molecular weight excluding hydrogens is 408 g/mol. The molecule has 2 aliphatic rings. The lowest BCUT2D eigenvalue weighted by molar-refractivity contribution is 0.766. The van der Waals surface area contributed by atoms with Gasteiger partial charge in [-0.3, -0.25) is 0 Å². The van der Waals surface area contributed by atoms with Gasteiger partial charge in [0.25, 0.3) is 0 Å². The van der Waals surface area contributed by atoms with Crippen LogP contribution in [0.1, 0.15) is 44.5 Å². The maximum atomic E-state index is 2.40. The van der Waals surface area contributed by atoms with Crippen molar-refractivity contribution in [2.24, 2.45) is 0 Å². The molecule has 0 N–H and O–H groups in total. The first-order valence-electron chi connectivity index (χ1n) is 12.0. The quantitative estimate of drug-likeness (QED) is 0.245. The van der Waals surface area contributed by atoms with E-state index in [0.717, 1.165) is 0 Å². The molecule has 7 rings (SSSR count). The van der Waals surface area contributed by atoms with Gasteiger partial charge in [0.15, 0.2) is 0 Å². The number of rotatable bonds is 1. The summed E-state index contributed by atoms with van der Waals surface area (Å²) in [7, 11) is 0. The van der Waals surface area contributed by atoms with Gasteiger partial charge >= 0.3 is 0 Å². The van der Waals surface area contributed by atoms with Crippen LogP contribution in [0.5, 0.6) is 0 Å². The molecule has 0 saturated heterocycles. The molecule has 0 unspecified atom stereocenters. The normalized spacial score (nSPS) is 14.4. The van der Waals surface area contributed by atoms with Gasteiger partial charge in [-0.15, -0.1) is 0 Å². The standard InChI is InChI=1S/C34H24/c1-23-18-20-24(21-19-23)29-22-25-10-2-6-14-30(25)34(33-17-9-5-13-28(29)33)31-15-7-3-11-26(31)27-12-4-8-16-32(27)34/h2-22H,1H3. The third-order valence-electron chi connectivity index (χ3n) is 7.60. The van der Waals surface area contributed by atoms with E-state index in [1.807, 2.05) is 0 Å². The molecule has 160 valence electrons. The molecule has 0 fully saturated rings. The molecule has 0 bridgehead atoms. The van der Waals surface area contributed by atoms with Gasteiger partial charge in [0.2, 0.25) is 0 Å². The van der Waals surface area contributed by atoms with E-state index < -0.39 is 0 Å². The monoisotopic (exact) mass is 432 g/mol. The topological polar surface area (TPSA) is 0 Å². The summed E-state index contributed by atoms with van der Waals surface area (Å²) in [5, 5.41) is 0. The maximum absolute atomic E-state index is 2.40. The van der Waals surface area contributed by atoms with Crippen LogP contribution >= 0.6 is 0 Å². The molecule has 0 atom stereocenters. The van der Waals surface area contributed by atoms with Crippen LogP contribution in [-0.2, 0) is 5.41 Å². The predicted molar refractivity (Wildman–Crippen MR) is 142 cm³/mol. The average Bonchev–Trinajstić information content (AvgIpc) is 3.12. The van der Waals surface area contributed by atoms with E-state index in [4.69, 9.17) is 0 Å². The molecule has 0 aliphatic heterocycles. The molecule has 0 aromatic heterocycles. The fourth-order valence-electron chi connectivity index (χ4n) is 6.18. The van der Waals surface area contributed by atoms with Crippen LogP contribution in [-0.4, -0.2) is 0 Å². The minimum Gasteiger partial charge on any atom is -0.0619 e. The highest BCUT2D eigenvalue weighted by molar-refractivity contribution is 5.98. The van der Waals surface area contributed by atoms with Gasteiger partial charge in [0, 0.05) is 0 Å². The molecule has 0 heterocycles. The van der Waals surface area contributed by atoms with E-state index in [9.17, 15) is 0 Å². The van der Waals surface area contributed by atoms with Gasteiger partial charge in [-0.2, -0.15) is 0 Å². The van der Waals surface area contributed by atoms with E-state index in [1.165, 1.54) is 61.2 Å². The maximum Gasteiger partial charge on any atom is 0.0725 e. The van der Waals surface area contributed by atoms with Gasteiger partial charge in [0.05, 0.1) is 5.41 Å². The summed E-state index contributed by atoms with van der Waals surface area (Å²) >= 11 is 0. The zero-order valence-electron chi connectivity index (χ0n) is 19.1. The number of aryl methyl sites for hydroxylation is 1. The highest BCUT2D eigenvalue weighted by Gasteiger charge is 2.48. The Balaban J connectivity index is 1.67. The lowest BCUT2D eigenvalue weighted by Gasteiger charge is -2.35. The van der Waals surface area contributed by atoms with Crippen LogP contribution in [0.4, 0.5) is 0 Å². The van der Waals surface area contributed by atoms with Crippen molar-refractivity contribution in [3.05, 3.63) is 166 Å². The van der Waals surface area contributed by atoms with Crippen LogP contribution < -0.4 is 0 Å². The summed E-state index contributed by atoms with van der Waals surface area (Å²) in [5.74, 6) is 0. The molecule has 0 radical (unpaired) electrons. The van der Waals surface area contributed by atoms with Crippen LogP contribution in [0.3, 0.4) is 0 Å². The van der Waals surface area contributed by atoms with E-state index >= 15 is 0 Å². The van der Waals surface area contributed by atoms with Crippen molar-refractivity contribution in [1.82, 2.24) is 0 Å². The third-order valence-corrected chi connectivity index (χ3v) is 7.60. The number of benzene rings is 5. The van der Waals surface area contributed by atoms with Crippen molar-refractivity contribution >= 4 is 11.6 Å². The number of hydrogen-bond donors (Lipinski definition) is 0. The van der Waals surface area contributed by atoms with Crippen LogP contribution in [0.2, 0.25) is 0 Å². The molecule has 0 nitrogen and oxygen atoms in total. The lowest BCUT2D eigenvalue weighted by atomic mass is 9.66. The van der Waals surface area contributed by atoms with E-state index in [-0.39, 0.29) is 5.41 Å². The molecule has 0 amide bonds. The summed E-state index contributed by atoms with van der Waals surface area (Å²) in [4.78, 5) is 0. The average molecular weight is 433 g/mol. The summed E-state index contributed by atoms with van der Waals surface area (Å²) < 4.78 is 0. The van der Waals surface area contributed by atoms with Crippen molar-refractivity contribution in [3.63, 3.8) is 0 Å². The first-order valence-corrected chi connectivity index (χ1v) is 12.0. The largest absolute Gasteiger partial charge is 0.0725 e. The molecule has 2 aliphatic carbocycles. The zero-order chi connectivity index (χ0) is 22.7. The van der Waals surface area contributed by atoms with Crippen LogP contribution in [0, 0.1) is 6.92 Å². The Kier molecular flexibility index (Phi) is 4.07. The minimum atomic E-state index is -0.358. The molecule has 5 aromatic rings.